The van der Waals surface area contributed by atoms with Crippen molar-refractivity contribution in [3.8, 4) is 11.5 Å². The number of benzene rings is 3. The average Bonchev–Trinajstić information content (AvgIpc) is 3.47. The molecule has 2 aliphatic carbocycles. The maximum atomic E-state index is 15.3. The number of aliphatic carboxylic acids is 1. The lowest BCUT2D eigenvalue weighted by Crippen LogP contribution is -2.53. The summed E-state index contributed by atoms with van der Waals surface area (Å²) >= 11 is 19.2. The van der Waals surface area contributed by atoms with Gasteiger partial charge in [0.2, 0.25) is 11.8 Å². The smallest absolute Gasteiger partial charge is 0.303 e. The quantitative estimate of drug-likeness (QED) is 0.171. The number of hydrazine groups is 1. The summed E-state index contributed by atoms with van der Waals surface area (Å²) in [6.45, 7) is -0.0479. The Morgan fingerprint density at radius 2 is 1.65 bits per heavy atom. The number of nitrogens with zero attached hydrogens (tertiary/aromatic N) is 2. The lowest BCUT2D eigenvalue weighted by molar-refractivity contribution is -0.142. The molecule has 0 unspecified atom stereocenters. The largest absolute Gasteiger partial charge is 0.508 e. The number of fused-ring (bicyclic) bond motifs is 4. The van der Waals surface area contributed by atoms with Gasteiger partial charge in [-0.1, -0.05) is 58.6 Å². The Morgan fingerprint density at radius 1 is 0.941 bits per heavy atom. The third-order valence-electron chi connectivity index (χ3n) is 10.7. The number of halogens is 3. The summed E-state index contributed by atoms with van der Waals surface area (Å²) in [6, 6.07) is 15.9. The fourth-order valence-corrected chi connectivity index (χ4v) is 9.25. The molecular weight excluding hydrogens is 721 g/mol. The van der Waals surface area contributed by atoms with Crippen molar-refractivity contribution in [1.82, 2.24) is 9.91 Å². The van der Waals surface area contributed by atoms with Crippen molar-refractivity contribution in [3.63, 3.8) is 0 Å². The van der Waals surface area contributed by atoms with Crippen molar-refractivity contribution in [2.45, 2.75) is 37.0 Å². The van der Waals surface area contributed by atoms with Crippen LogP contribution in [0.15, 0.2) is 72.3 Å². The number of allylic oxidation sites excluding steroid dienone is 2. The number of hydrogen-bond donors (Lipinski definition) is 3. The predicted octanol–water partition coefficient (Wildman–Crippen LogP) is 6.21. The molecule has 14 heteroatoms. The molecule has 0 aromatic heterocycles. The highest BCUT2D eigenvalue weighted by atomic mass is 35.5. The molecule has 3 fully saturated rings. The van der Waals surface area contributed by atoms with E-state index in [0.717, 1.165) is 9.91 Å². The Bertz CT molecular complexity index is 2020. The number of carboxylic acid groups (broad SMARTS) is 1. The standard InChI is InChI=1S/C37H32Cl3N3O8/c1-51-21-8-4-18(5-9-21)37-26(34(48)43(36(37)50)41-28-12-6-20(39)16-27(28)40)17-24-22(32(37)25-15-19(38)7-13-29(25)44)10-11-23-31(24)35(49)42(33(23)47)14-2-3-30(45)46/h4-10,12-13,15-16,23-24,26,31-32,41,44H,2-3,11,14,17H2,1H3,(H,45,46)/t23-,24+,26-,31-,32+,37+/m0/s1. The zero-order valence-corrected chi connectivity index (χ0v) is 29.4. The number of hydrogen-bond acceptors (Lipinski definition) is 8. The van der Waals surface area contributed by atoms with E-state index in [4.69, 9.17) is 44.6 Å². The van der Waals surface area contributed by atoms with E-state index >= 15 is 4.79 Å². The number of carbonyl (C=O) groups is 5. The number of amides is 4. The number of aromatic hydroxyl groups is 1. The number of anilines is 1. The lowest BCUT2D eigenvalue weighted by Gasteiger charge is -2.50. The van der Waals surface area contributed by atoms with Gasteiger partial charge in [0.25, 0.3) is 11.8 Å². The van der Waals surface area contributed by atoms with Gasteiger partial charge in [0.05, 0.1) is 41.0 Å². The van der Waals surface area contributed by atoms with Crippen LogP contribution in [-0.2, 0) is 29.4 Å². The zero-order chi connectivity index (χ0) is 36.4. The topological polar surface area (TPSA) is 154 Å². The molecule has 264 valence electrons. The van der Waals surface area contributed by atoms with Crippen molar-refractivity contribution in [2.24, 2.45) is 23.7 Å². The fourth-order valence-electron chi connectivity index (χ4n) is 8.62. The molecule has 7 rings (SSSR count). The maximum Gasteiger partial charge on any atom is 0.303 e. The van der Waals surface area contributed by atoms with Crippen LogP contribution in [0.3, 0.4) is 0 Å². The first-order valence-electron chi connectivity index (χ1n) is 16.4. The SMILES string of the molecule is COc1ccc([C@@]23C(=O)N(Nc4ccc(Cl)cc4Cl)C(=O)[C@@H]2C[C@@H]2C(=CC[C@@H]4C(=O)N(CCCC(=O)O)C(=O)[C@@H]42)[C@@H]3c2cc(Cl)ccc2O)cc1. The number of ether oxygens (including phenoxy) is 1. The molecule has 3 aromatic carbocycles. The second-order valence-electron chi connectivity index (χ2n) is 13.2. The van der Waals surface area contributed by atoms with Crippen LogP contribution in [0.4, 0.5) is 5.69 Å². The number of imide groups is 2. The van der Waals surface area contributed by atoms with Crippen molar-refractivity contribution >= 4 is 70.1 Å². The van der Waals surface area contributed by atoms with Crippen LogP contribution in [0.2, 0.25) is 15.1 Å². The summed E-state index contributed by atoms with van der Waals surface area (Å²) in [5.41, 5.74) is 2.88. The van der Waals surface area contributed by atoms with E-state index in [0.29, 0.717) is 21.9 Å². The summed E-state index contributed by atoms with van der Waals surface area (Å²) in [7, 11) is 1.51. The highest BCUT2D eigenvalue weighted by Gasteiger charge is 2.70. The molecule has 6 atom stereocenters. The number of likely N-dealkylation sites (tertiary alicyclic amines) is 1. The molecule has 51 heavy (non-hydrogen) atoms. The number of rotatable bonds is 9. The van der Waals surface area contributed by atoms with E-state index in [2.05, 4.69) is 5.43 Å². The van der Waals surface area contributed by atoms with Gasteiger partial charge in [0.15, 0.2) is 0 Å². The van der Waals surface area contributed by atoms with Crippen molar-refractivity contribution in [3.05, 3.63) is 98.5 Å². The van der Waals surface area contributed by atoms with Crippen molar-refractivity contribution in [2.75, 3.05) is 19.1 Å². The van der Waals surface area contributed by atoms with Gasteiger partial charge >= 0.3 is 5.97 Å². The average molecular weight is 753 g/mol. The second-order valence-corrected chi connectivity index (χ2v) is 14.5. The minimum Gasteiger partial charge on any atom is -0.508 e. The second kappa shape index (κ2) is 13.2. The lowest BCUT2D eigenvalue weighted by atomic mass is 9.49. The van der Waals surface area contributed by atoms with Crippen LogP contribution in [0, 0.1) is 23.7 Å². The molecule has 2 saturated heterocycles. The minimum atomic E-state index is -1.67. The molecule has 3 aromatic rings. The van der Waals surface area contributed by atoms with Crippen LogP contribution >= 0.6 is 34.8 Å². The van der Waals surface area contributed by atoms with Crippen LogP contribution in [0.1, 0.15) is 42.7 Å². The molecule has 2 heterocycles. The van der Waals surface area contributed by atoms with Crippen LogP contribution in [-0.4, -0.2) is 63.4 Å². The summed E-state index contributed by atoms with van der Waals surface area (Å²) < 4.78 is 5.41. The predicted molar refractivity (Wildman–Crippen MR) is 187 cm³/mol. The molecule has 1 saturated carbocycles. The zero-order valence-electron chi connectivity index (χ0n) is 27.1. The molecular formula is C37H32Cl3N3O8. The first-order valence-corrected chi connectivity index (χ1v) is 17.5. The molecule has 2 aliphatic heterocycles. The third-order valence-corrected chi connectivity index (χ3v) is 11.5. The Balaban J connectivity index is 1.42. The van der Waals surface area contributed by atoms with Gasteiger partial charge in [0.1, 0.15) is 11.5 Å². The molecule has 0 bridgehead atoms. The van der Waals surface area contributed by atoms with E-state index in [-0.39, 0.29) is 59.3 Å². The molecule has 0 radical (unpaired) electrons. The van der Waals surface area contributed by atoms with Gasteiger partial charge < -0.3 is 14.9 Å². The van der Waals surface area contributed by atoms with E-state index in [1.54, 1.807) is 42.5 Å². The van der Waals surface area contributed by atoms with Gasteiger partial charge in [-0.15, -0.1) is 0 Å². The number of carbonyl (C=O) groups excluding carboxylic acids is 4. The van der Waals surface area contributed by atoms with E-state index in [1.807, 2.05) is 6.08 Å². The van der Waals surface area contributed by atoms with Crippen LogP contribution in [0.25, 0.3) is 0 Å². The first-order chi connectivity index (χ1) is 24.4. The van der Waals surface area contributed by atoms with Crippen molar-refractivity contribution < 1.29 is 38.9 Å². The highest BCUT2D eigenvalue weighted by molar-refractivity contribution is 6.36. The molecule has 11 nitrogen and oxygen atoms in total. The summed E-state index contributed by atoms with van der Waals surface area (Å²) in [4.78, 5) is 70.1. The molecule has 0 spiro atoms. The molecule has 4 aliphatic rings. The first kappa shape index (κ1) is 34.9. The van der Waals surface area contributed by atoms with Crippen molar-refractivity contribution in [1.29, 1.82) is 0 Å². The number of phenols is 1. The number of methoxy groups -OCH3 is 1. The monoisotopic (exact) mass is 751 g/mol. The molecule has 4 amide bonds. The van der Waals surface area contributed by atoms with Gasteiger partial charge in [-0.05, 0) is 79.3 Å². The third kappa shape index (κ3) is 5.53. The number of nitrogens with one attached hydrogen (secondary N) is 1. The Hall–Kier alpha value is -4.58. The summed E-state index contributed by atoms with van der Waals surface area (Å²) in [6.07, 6.45) is 1.94. The Morgan fingerprint density at radius 3 is 2.33 bits per heavy atom. The Kier molecular flexibility index (Phi) is 9.02. The normalized spacial score (nSPS) is 26.8. The molecule has 3 N–H and O–H groups in total. The van der Waals surface area contributed by atoms with Gasteiger partial charge in [-0.2, -0.15) is 5.01 Å². The fraction of sp³-hybridized carbons (Fsp3) is 0.324. The number of phenolic OH excluding ortho intramolecular Hbond substituents is 1. The number of carboxylic acids is 1. The van der Waals surface area contributed by atoms with E-state index in [1.165, 1.54) is 25.3 Å². The van der Waals surface area contributed by atoms with Gasteiger partial charge in [0, 0.05) is 34.5 Å². The summed E-state index contributed by atoms with van der Waals surface area (Å²) in [5.74, 6) is -7.13. The van der Waals surface area contributed by atoms with Gasteiger partial charge in [-0.25, -0.2) is 0 Å². The van der Waals surface area contributed by atoms with Gasteiger partial charge in [-0.3, -0.25) is 34.3 Å². The van der Waals surface area contributed by atoms with E-state index in [9.17, 15) is 24.3 Å². The van der Waals surface area contributed by atoms with Crippen LogP contribution < -0.4 is 10.2 Å². The minimum absolute atomic E-state index is 0.0238. The summed E-state index contributed by atoms with van der Waals surface area (Å²) in [5, 5.41) is 22.4. The Labute approximate surface area is 307 Å². The van der Waals surface area contributed by atoms with Crippen LogP contribution in [0.5, 0.6) is 11.5 Å². The maximum absolute atomic E-state index is 15.3. The highest BCUT2D eigenvalue weighted by Crippen LogP contribution is 2.65. The van der Waals surface area contributed by atoms with E-state index < -0.39 is 64.6 Å².